The number of aromatic amines is 1. The van der Waals surface area contributed by atoms with E-state index in [1.807, 2.05) is 0 Å². The molecule has 0 spiro atoms. The van der Waals surface area contributed by atoms with Crippen LogP contribution in [0.4, 0.5) is 5.82 Å². The molecule has 2 aromatic rings. The molecule has 7 heteroatoms. The van der Waals surface area contributed by atoms with Crippen molar-refractivity contribution in [2.24, 2.45) is 0 Å². The van der Waals surface area contributed by atoms with Gasteiger partial charge in [-0.05, 0) is 31.2 Å². The number of anilines is 1. The summed E-state index contributed by atoms with van der Waals surface area (Å²) >= 11 is 3.25. The van der Waals surface area contributed by atoms with Gasteiger partial charge in [0.15, 0.2) is 5.82 Å². The molecular weight excluding hydrogens is 306 g/mol. The highest BCUT2D eigenvalue weighted by Crippen LogP contribution is 2.17. The maximum absolute atomic E-state index is 11.9. The quantitative estimate of drug-likeness (QED) is 0.912. The van der Waals surface area contributed by atoms with E-state index in [9.17, 15) is 8.42 Å². The van der Waals surface area contributed by atoms with Gasteiger partial charge < -0.3 is 0 Å². The highest BCUT2D eigenvalue weighted by atomic mass is 79.9. The smallest absolute Gasteiger partial charge is 0.263 e. The summed E-state index contributed by atoms with van der Waals surface area (Å²) < 4.78 is 27.1. The molecule has 0 saturated heterocycles. The minimum atomic E-state index is -3.57. The summed E-state index contributed by atoms with van der Waals surface area (Å²) in [4.78, 5) is 0.196. The van der Waals surface area contributed by atoms with Crippen molar-refractivity contribution in [2.75, 3.05) is 4.72 Å². The summed E-state index contributed by atoms with van der Waals surface area (Å²) in [5.41, 5.74) is 0.790. The third-order valence-electron chi connectivity index (χ3n) is 2.07. The van der Waals surface area contributed by atoms with Gasteiger partial charge in [-0.15, -0.1) is 0 Å². The number of hydrogen-bond acceptors (Lipinski definition) is 3. The predicted molar refractivity (Wildman–Crippen MR) is 68.3 cm³/mol. The number of sulfonamides is 1. The molecule has 0 bridgehead atoms. The van der Waals surface area contributed by atoms with Crippen molar-refractivity contribution in [3.05, 3.63) is 40.5 Å². The third-order valence-corrected chi connectivity index (χ3v) is 3.97. The maximum Gasteiger partial charge on any atom is 0.263 e. The van der Waals surface area contributed by atoms with Crippen LogP contribution in [-0.2, 0) is 10.0 Å². The van der Waals surface area contributed by atoms with E-state index in [0.717, 1.165) is 10.2 Å². The van der Waals surface area contributed by atoms with Crippen molar-refractivity contribution in [3.8, 4) is 0 Å². The maximum atomic E-state index is 11.9. The normalized spacial score (nSPS) is 11.4. The monoisotopic (exact) mass is 315 g/mol. The first kappa shape index (κ1) is 12.1. The summed E-state index contributed by atoms with van der Waals surface area (Å²) in [5, 5.41) is 6.49. The Labute approximate surface area is 107 Å². The van der Waals surface area contributed by atoms with Crippen molar-refractivity contribution in [2.45, 2.75) is 11.8 Å². The number of hydrogen-bond donors (Lipinski definition) is 2. The summed E-state index contributed by atoms with van der Waals surface area (Å²) in [6, 6.07) is 8.00. The van der Waals surface area contributed by atoms with Gasteiger partial charge in [-0.1, -0.05) is 15.9 Å². The second kappa shape index (κ2) is 4.50. The average Bonchev–Trinajstić information content (AvgIpc) is 2.63. The van der Waals surface area contributed by atoms with Gasteiger partial charge >= 0.3 is 0 Å². The van der Waals surface area contributed by atoms with E-state index in [1.165, 1.54) is 12.1 Å². The Kier molecular flexibility index (Phi) is 3.21. The van der Waals surface area contributed by atoms with Crippen LogP contribution in [0.1, 0.15) is 5.69 Å². The molecule has 0 fully saturated rings. The lowest BCUT2D eigenvalue weighted by molar-refractivity contribution is 0.601. The van der Waals surface area contributed by atoms with Crippen LogP contribution < -0.4 is 4.72 Å². The summed E-state index contributed by atoms with van der Waals surface area (Å²) in [7, 11) is -3.57. The van der Waals surface area contributed by atoms with E-state index in [2.05, 4.69) is 30.8 Å². The van der Waals surface area contributed by atoms with Crippen molar-refractivity contribution in [3.63, 3.8) is 0 Å². The van der Waals surface area contributed by atoms with Gasteiger partial charge in [-0.3, -0.25) is 9.82 Å². The zero-order chi connectivity index (χ0) is 12.5. The van der Waals surface area contributed by atoms with Crippen LogP contribution in [0.3, 0.4) is 0 Å². The summed E-state index contributed by atoms with van der Waals surface area (Å²) in [6.07, 6.45) is 0. The van der Waals surface area contributed by atoms with Crippen LogP contribution >= 0.6 is 15.9 Å². The highest BCUT2D eigenvalue weighted by molar-refractivity contribution is 9.10. The van der Waals surface area contributed by atoms with Gasteiger partial charge in [0.25, 0.3) is 10.0 Å². The van der Waals surface area contributed by atoms with E-state index < -0.39 is 10.0 Å². The molecule has 0 aliphatic heterocycles. The van der Waals surface area contributed by atoms with Crippen molar-refractivity contribution < 1.29 is 8.42 Å². The molecule has 1 heterocycles. The van der Waals surface area contributed by atoms with Crippen LogP contribution in [0.2, 0.25) is 0 Å². The van der Waals surface area contributed by atoms with Crippen molar-refractivity contribution >= 4 is 31.8 Å². The Morgan fingerprint density at radius 2 is 1.94 bits per heavy atom. The van der Waals surface area contributed by atoms with E-state index in [0.29, 0.717) is 0 Å². The Morgan fingerprint density at radius 3 is 2.47 bits per heavy atom. The second-order valence-electron chi connectivity index (χ2n) is 3.50. The average molecular weight is 316 g/mol. The molecule has 0 amide bonds. The zero-order valence-electron chi connectivity index (χ0n) is 8.94. The molecule has 5 nitrogen and oxygen atoms in total. The number of benzene rings is 1. The fraction of sp³-hybridized carbons (Fsp3) is 0.100. The zero-order valence-corrected chi connectivity index (χ0v) is 11.3. The minimum absolute atomic E-state index is 0.196. The van der Waals surface area contributed by atoms with Crippen LogP contribution in [0, 0.1) is 6.92 Å². The van der Waals surface area contributed by atoms with Gasteiger partial charge in [0, 0.05) is 16.2 Å². The first-order valence-electron chi connectivity index (χ1n) is 4.78. The van der Waals surface area contributed by atoms with E-state index in [1.54, 1.807) is 25.1 Å². The van der Waals surface area contributed by atoms with Crippen LogP contribution in [-0.4, -0.2) is 18.6 Å². The Morgan fingerprint density at radius 1 is 1.29 bits per heavy atom. The molecule has 2 rings (SSSR count). The van der Waals surface area contributed by atoms with Crippen molar-refractivity contribution in [1.29, 1.82) is 0 Å². The van der Waals surface area contributed by atoms with Crippen LogP contribution in [0.15, 0.2) is 39.7 Å². The molecule has 0 aliphatic rings. The third kappa shape index (κ3) is 2.86. The van der Waals surface area contributed by atoms with Gasteiger partial charge in [-0.25, -0.2) is 8.42 Å². The molecule has 1 aromatic heterocycles. The van der Waals surface area contributed by atoms with Crippen LogP contribution in [0.5, 0.6) is 0 Å². The summed E-state index contributed by atoms with van der Waals surface area (Å²) in [6.45, 7) is 1.80. The molecule has 0 atom stereocenters. The lowest BCUT2D eigenvalue weighted by Crippen LogP contribution is -2.13. The number of H-pyrrole nitrogens is 1. The number of halogens is 1. The molecule has 0 unspecified atom stereocenters. The van der Waals surface area contributed by atoms with Gasteiger partial charge in [-0.2, -0.15) is 5.10 Å². The molecule has 0 radical (unpaired) electrons. The Bertz CT molecular complexity index is 619. The Balaban J connectivity index is 2.28. The molecular formula is C10H10BrN3O2S. The molecule has 0 saturated carbocycles. The lowest BCUT2D eigenvalue weighted by Gasteiger charge is -2.04. The fourth-order valence-electron chi connectivity index (χ4n) is 1.28. The SMILES string of the molecule is Cc1cc(NS(=O)(=O)c2ccc(Br)cc2)n[nH]1. The molecule has 0 aliphatic carbocycles. The first-order chi connectivity index (χ1) is 7.97. The number of rotatable bonds is 3. The van der Waals surface area contributed by atoms with E-state index >= 15 is 0 Å². The molecule has 2 N–H and O–H groups in total. The Hall–Kier alpha value is -1.34. The minimum Gasteiger partial charge on any atom is -0.281 e. The molecule has 90 valence electrons. The van der Waals surface area contributed by atoms with Gasteiger partial charge in [0.1, 0.15) is 0 Å². The van der Waals surface area contributed by atoms with Crippen LogP contribution in [0.25, 0.3) is 0 Å². The standard InChI is InChI=1S/C10H10BrN3O2S/c1-7-6-10(13-12-7)14-17(15,16)9-4-2-8(11)3-5-9/h2-6H,1H3,(H2,12,13,14). The number of aromatic nitrogens is 2. The number of nitrogens with one attached hydrogen (secondary N) is 2. The largest absolute Gasteiger partial charge is 0.281 e. The molecule has 1 aromatic carbocycles. The summed E-state index contributed by atoms with van der Waals surface area (Å²) in [5.74, 6) is 0.283. The van der Waals surface area contributed by atoms with Gasteiger partial charge in [0.2, 0.25) is 0 Å². The number of aryl methyl sites for hydroxylation is 1. The van der Waals surface area contributed by atoms with Gasteiger partial charge in [0.05, 0.1) is 4.90 Å². The molecule has 17 heavy (non-hydrogen) atoms. The highest BCUT2D eigenvalue weighted by Gasteiger charge is 2.14. The van der Waals surface area contributed by atoms with Crippen molar-refractivity contribution in [1.82, 2.24) is 10.2 Å². The lowest BCUT2D eigenvalue weighted by atomic mass is 10.4. The first-order valence-corrected chi connectivity index (χ1v) is 7.05. The topological polar surface area (TPSA) is 74.8 Å². The van der Waals surface area contributed by atoms with E-state index in [4.69, 9.17) is 0 Å². The number of nitrogens with zero attached hydrogens (tertiary/aromatic N) is 1. The second-order valence-corrected chi connectivity index (χ2v) is 6.09. The van der Waals surface area contributed by atoms with E-state index in [-0.39, 0.29) is 10.7 Å². The fourth-order valence-corrected chi connectivity index (χ4v) is 2.54. The predicted octanol–water partition coefficient (Wildman–Crippen LogP) is 2.28.